The van der Waals surface area contributed by atoms with Gasteiger partial charge in [-0.25, -0.2) is 0 Å². The average Bonchev–Trinajstić information content (AvgIpc) is 2.74. The normalized spacial score (nSPS) is 37.0. The number of hydrogen-bond donors (Lipinski definition) is 1. The quantitative estimate of drug-likeness (QED) is 0.792. The highest BCUT2D eigenvalue weighted by molar-refractivity contribution is 7.99. The van der Waals surface area contributed by atoms with Crippen molar-refractivity contribution >= 4 is 11.8 Å². The minimum atomic E-state index is 0.962. The maximum Gasteiger partial charge on any atom is -0.00122 e. The van der Waals surface area contributed by atoms with Crippen molar-refractivity contribution in [1.82, 2.24) is 5.32 Å². The zero-order chi connectivity index (χ0) is 10.5. The molecular formula is C13H25NS. The molecule has 88 valence electrons. The average molecular weight is 227 g/mol. The monoisotopic (exact) mass is 227 g/mol. The summed E-state index contributed by atoms with van der Waals surface area (Å²) in [7, 11) is 0. The molecule has 1 heterocycles. The van der Waals surface area contributed by atoms with E-state index in [2.05, 4.69) is 24.0 Å². The van der Waals surface area contributed by atoms with Crippen LogP contribution in [0.3, 0.4) is 0 Å². The van der Waals surface area contributed by atoms with Crippen LogP contribution >= 0.6 is 11.8 Å². The largest absolute Gasteiger partial charge is 0.316 e. The van der Waals surface area contributed by atoms with Gasteiger partial charge in [-0.15, -0.1) is 0 Å². The van der Waals surface area contributed by atoms with Crippen LogP contribution in [-0.4, -0.2) is 24.6 Å². The van der Waals surface area contributed by atoms with Crippen LogP contribution in [-0.2, 0) is 0 Å². The van der Waals surface area contributed by atoms with Gasteiger partial charge in [-0.3, -0.25) is 0 Å². The lowest BCUT2D eigenvalue weighted by molar-refractivity contribution is 0.245. The van der Waals surface area contributed by atoms with E-state index >= 15 is 0 Å². The van der Waals surface area contributed by atoms with Crippen LogP contribution < -0.4 is 5.32 Å². The van der Waals surface area contributed by atoms with Crippen molar-refractivity contribution in [3.8, 4) is 0 Å². The van der Waals surface area contributed by atoms with Crippen molar-refractivity contribution in [1.29, 1.82) is 0 Å². The molecule has 0 radical (unpaired) electrons. The Kier molecular flexibility index (Phi) is 4.83. The van der Waals surface area contributed by atoms with Gasteiger partial charge in [0.15, 0.2) is 0 Å². The third kappa shape index (κ3) is 3.67. The van der Waals surface area contributed by atoms with E-state index < -0.39 is 0 Å². The summed E-state index contributed by atoms with van der Waals surface area (Å²) in [6.07, 6.45) is 7.31. The predicted octanol–water partition coefficient (Wildman–Crippen LogP) is 3.16. The number of nitrogens with one attached hydrogen (secondary N) is 1. The Morgan fingerprint density at radius 2 is 2.00 bits per heavy atom. The summed E-state index contributed by atoms with van der Waals surface area (Å²) in [6.45, 7) is 5.00. The number of thioether (sulfide) groups is 1. The third-order valence-corrected chi connectivity index (χ3v) is 5.38. The minimum absolute atomic E-state index is 0.962. The summed E-state index contributed by atoms with van der Waals surface area (Å²) in [5, 5.41) is 3.71. The molecule has 1 nitrogen and oxygen atoms in total. The molecule has 1 aliphatic heterocycles. The Balaban J connectivity index is 1.59. The smallest absolute Gasteiger partial charge is 0.00122 e. The van der Waals surface area contributed by atoms with E-state index in [0.29, 0.717) is 0 Å². The first-order chi connectivity index (χ1) is 7.36. The van der Waals surface area contributed by atoms with E-state index in [0.717, 1.165) is 17.8 Å². The van der Waals surface area contributed by atoms with Gasteiger partial charge in [-0.2, -0.15) is 11.8 Å². The second-order valence-electron chi connectivity index (χ2n) is 5.41. The van der Waals surface area contributed by atoms with Gasteiger partial charge in [-0.05, 0) is 55.2 Å². The highest BCUT2D eigenvalue weighted by Gasteiger charge is 2.21. The molecule has 1 saturated heterocycles. The third-order valence-electron chi connectivity index (χ3n) is 4.15. The van der Waals surface area contributed by atoms with Crippen molar-refractivity contribution in [3.63, 3.8) is 0 Å². The summed E-state index contributed by atoms with van der Waals surface area (Å²) in [5.74, 6) is 5.69. The van der Waals surface area contributed by atoms with Crippen molar-refractivity contribution in [2.45, 2.75) is 39.0 Å². The molecule has 0 bridgehead atoms. The minimum Gasteiger partial charge on any atom is -0.316 e. The van der Waals surface area contributed by atoms with Gasteiger partial charge in [0.25, 0.3) is 0 Å². The van der Waals surface area contributed by atoms with Gasteiger partial charge >= 0.3 is 0 Å². The lowest BCUT2D eigenvalue weighted by atomic mass is 9.80. The van der Waals surface area contributed by atoms with Crippen LogP contribution in [0.4, 0.5) is 0 Å². The highest BCUT2D eigenvalue weighted by Crippen LogP contribution is 2.29. The molecule has 2 heteroatoms. The summed E-state index contributed by atoms with van der Waals surface area (Å²) in [5.41, 5.74) is 0. The van der Waals surface area contributed by atoms with Gasteiger partial charge in [0, 0.05) is 0 Å². The summed E-state index contributed by atoms with van der Waals surface area (Å²) >= 11 is 2.13. The van der Waals surface area contributed by atoms with Crippen molar-refractivity contribution in [2.24, 2.45) is 17.8 Å². The molecule has 0 aromatic rings. The van der Waals surface area contributed by atoms with Crippen molar-refractivity contribution in [2.75, 3.05) is 24.6 Å². The van der Waals surface area contributed by atoms with Gasteiger partial charge in [-0.1, -0.05) is 26.2 Å². The lowest BCUT2D eigenvalue weighted by Crippen LogP contribution is -2.32. The Bertz CT molecular complexity index is 177. The number of rotatable bonds is 4. The molecule has 2 aliphatic rings. The van der Waals surface area contributed by atoms with Crippen LogP contribution in [0, 0.1) is 17.8 Å². The fourth-order valence-electron chi connectivity index (χ4n) is 2.91. The van der Waals surface area contributed by atoms with E-state index in [-0.39, 0.29) is 0 Å². The zero-order valence-electron chi connectivity index (χ0n) is 10.0. The SMILES string of the molecule is CC1CCCCC1CNCC1CCSC1. The van der Waals surface area contributed by atoms with E-state index in [1.807, 2.05) is 0 Å². The van der Waals surface area contributed by atoms with Crippen LogP contribution in [0.15, 0.2) is 0 Å². The van der Waals surface area contributed by atoms with E-state index in [1.165, 1.54) is 56.7 Å². The Hall–Kier alpha value is 0.310. The van der Waals surface area contributed by atoms with Gasteiger partial charge in [0.2, 0.25) is 0 Å². The van der Waals surface area contributed by atoms with Crippen molar-refractivity contribution < 1.29 is 0 Å². The van der Waals surface area contributed by atoms with Gasteiger partial charge in [0.05, 0.1) is 0 Å². The molecule has 2 rings (SSSR count). The van der Waals surface area contributed by atoms with Gasteiger partial charge < -0.3 is 5.32 Å². The van der Waals surface area contributed by atoms with Crippen LogP contribution in [0.5, 0.6) is 0 Å². The van der Waals surface area contributed by atoms with Crippen LogP contribution in [0.25, 0.3) is 0 Å². The Morgan fingerprint density at radius 3 is 2.73 bits per heavy atom. The molecule has 1 N–H and O–H groups in total. The highest BCUT2D eigenvalue weighted by atomic mass is 32.2. The Labute approximate surface area is 98.8 Å². The molecule has 3 unspecified atom stereocenters. The molecule has 0 aromatic heterocycles. The fourth-order valence-corrected chi connectivity index (χ4v) is 4.20. The Morgan fingerprint density at radius 1 is 1.13 bits per heavy atom. The molecule has 0 spiro atoms. The summed E-state index contributed by atoms with van der Waals surface area (Å²) in [4.78, 5) is 0. The maximum absolute atomic E-state index is 3.71. The van der Waals surface area contributed by atoms with E-state index in [4.69, 9.17) is 0 Å². The predicted molar refractivity (Wildman–Crippen MR) is 69.4 cm³/mol. The summed E-state index contributed by atoms with van der Waals surface area (Å²) in [6, 6.07) is 0. The molecular weight excluding hydrogens is 202 g/mol. The second kappa shape index (κ2) is 6.15. The van der Waals surface area contributed by atoms with E-state index in [1.54, 1.807) is 0 Å². The molecule has 0 amide bonds. The molecule has 2 fully saturated rings. The standard InChI is InChI=1S/C13H25NS/c1-11-4-2-3-5-13(11)9-14-8-12-6-7-15-10-12/h11-14H,2-10H2,1H3. The molecule has 1 aliphatic carbocycles. The first-order valence-electron chi connectivity index (χ1n) is 6.64. The van der Waals surface area contributed by atoms with Gasteiger partial charge in [0.1, 0.15) is 0 Å². The second-order valence-corrected chi connectivity index (χ2v) is 6.56. The van der Waals surface area contributed by atoms with Crippen LogP contribution in [0.1, 0.15) is 39.0 Å². The number of hydrogen-bond acceptors (Lipinski definition) is 2. The summed E-state index contributed by atoms with van der Waals surface area (Å²) < 4.78 is 0. The van der Waals surface area contributed by atoms with E-state index in [9.17, 15) is 0 Å². The molecule has 15 heavy (non-hydrogen) atoms. The zero-order valence-corrected chi connectivity index (χ0v) is 10.8. The lowest BCUT2D eigenvalue weighted by Gasteiger charge is -2.29. The molecule has 1 saturated carbocycles. The van der Waals surface area contributed by atoms with Crippen molar-refractivity contribution in [3.05, 3.63) is 0 Å². The van der Waals surface area contributed by atoms with Crippen LogP contribution in [0.2, 0.25) is 0 Å². The first-order valence-corrected chi connectivity index (χ1v) is 7.80. The first kappa shape index (κ1) is 11.8. The fraction of sp³-hybridized carbons (Fsp3) is 1.00. The molecule has 3 atom stereocenters. The topological polar surface area (TPSA) is 12.0 Å². The molecule has 0 aromatic carbocycles. The maximum atomic E-state index is 3.71.